The molecule has 0 aromatic heterocycles. The summed E-state index contributed by atoms with van der Waals surface area (Å²) < 4.78 is 0. The van der Waals surface area contributed by atoms with Crippen LogP contribution in [0.5, 0.6) is 0 Å². The summed E-state index contributed by atoms with van der Waals surface area (Å²) in [5.41, 5.74) is 2.75. The minimum Gasteiger partial charge on any atom is -0.395 e. The van der Waals surface area contributed by atoms with Gasteiger partial charge in [-0.25, -0.2) is 0 Å². The largest absolute Gasteiger partial charge is 0.395 e. The van der Waals surface area contributed by atoms with Crippen molar-refractivity contribution in [2.24, 2.45) is 0 Å². The molecule has 3 heteroatoms. The Morgan fingerprint density at radius 3 is 2.33 bits per heavy atom. The second kappa shape index (κ2) is 7.92. The topological polar surface area (TPSA) is 26.7 Å². The molecule has 1 aliphatic heterocycles. The molecule has 1 fully saturated rings. The van der Waals surface area contributed by atoms with Crippen molar-refractivity contribution in [1.82, 2.24) is 9.80 Å². The minimum atomic E-state index is 0.246. The third kappa shape index (κ3) is 4.80. The molecular weight excluding hydrogens is 260 g/mol. The van der Waals surface area contributed by atoms with Gasteiger partial charge >= 0.3 is 0 Å². The molecule has 118 valence electrons. The van der Waals surface area contributed by atoms with E-state index < -0.39 is 0 Å². The summed E-state index contributed by atoms with van der Waals surface area (Å²) in [5.74, 6) is 0.585. The molecule has 0 atom stereocenters. The molecule has 1 aliphatic rings. The van der Waals surface area contributed by atoms with Gasteiger partial charge in [0, 0.05) is 19.1 Å². The monoisotopic (exact) mass is 290 g/mol. The Morgan fingerprint density at radius 1 is 1.19 bits per heavy atom. The van der Waals surface area contributed by atoms with Crippen LogP contribution in [0, 0.1) is 0 Å². The van der Waals surface area contributed by atoms with E-state index in [2.05, 4.69) is 55.0 Å². The van der Waals surface area contributed by atoms with Crippen LogP contribution in [0.1, 0.15) is 43.7 Å². The Morgan fingerprint density at radius 2 is 1.81 bits per heavy atom. The Labute approximate surface area is 129 Å². The molecule has 0 aliphatic carbocycles. The second-order valence-corrected chi connectivity index (χ2v) is 6.62. The van der Waals surface area contributed by atoms with Gasteiger partial charge in [0.1, 0.15) is 0 Å². The van der Waals surface area contributed by atoms with Gasteiger partial charge in [-0.05, 0) is 50.0 Å². The standard InChI is InChI=1S/C18H30N2O/c1-15(2)17-6-4-16(5-7-17)14-20(12-13-21)18-8-10-19(3)11-9-18/h4-7,15,18,21H,8-14H2,1-3H3. The molecule has 1 aromatic carbocycles. The summed E-state index contributed by atoms with van der Waals surface area (Å²) in [7, 11) is 2.19. The quantitative estimate of drug-likeness (QED) is 0.872. The lowest BCUT2D eigenvalue weighted by Crippen LogP contribution is -2.44. The SMILES string of the molecule is CC(C)c1ccc(CN(CCO)C2CCN(C)CC2)cc1. The van der Waals surface area contributed by atoms with Crippen molar-refractivity contribution in [2.45, 2.75) is 45.2 Å². The van der Waals surface area contributed by atoms with E-state index in [0.717, 1.165) is 13.1 Å². The lowest BCUT2D eigenvalue weighted by Gasteiger charge is -2.37. The summed E-state index contributed by atoms with van der Waals surface area (Å²) in [4.78, 5) is 4.85. The molecule has 1 aromatic rings. The molecule has 1 N–H and O–H groups in total. The van der Waals surface area contributed by atoms with Gasteiger partial charge in [0.2, 0.25) is 0 Å². The van der Waals surface area contributed by atoms with Gasteiger partial charge in [0.25, 0.3) is 0 Å². The zero-order valence-corrected chi connectivity index (χ0v) is 13.8. The predicted octanol–water partition coefficient (Wildman–Crippen LogP) is 2.70. The van der Waals surface area contributed by atoms with Crippen LogP contribution >= 0.6 is 0 Å². The summed E-state index contributed by atoms with van der Waals surface area (Å²) in [6.45, 7) is 8.76. The first-order valence-electron chi connectivity index (χ1n) is 8.22. The van der Waals surface area contributed by atoms with Crippen molar-refractivity contribution in [3.8, 4) is 0 Å². The van der Waals surface area contributed by atoms with E-state index in [0.29, 0.717) is 12.0 Å². The molecule has 0 spiro atoms. The van der Waals surface area contributed by atoms with Crippen LogP contribution in [0.2, 0.25) is 0 Å². The average Bonchev–Trinajstić information content (AvgIpc) is 2.48. The number of piperidine rings is 1. The van der Waals surface area contributed by atoms with Crippen LogP contribution in [0.3, 0.4) is 0 Å². The Kier molecular flexibility index (Phi) is 6.22. The highest BCUT2D eigenvalue weighted by Crippen LogP contribution is 2.20. The van der Waals surface area contributed by atoms with Crippen LogP contribution in [-0.4, -0.2) is 54.2 Å². The van der Waals surface area contributed by atoms with Gasteiger partial charge in [0.15, 0.2) is 0 Å². The normalized spacial score (nSPS) is 17.8. The van der Waals surface area contributed by atoms with E-state index in [1.807, 2.05) is 0 Å². The van der Waals surface area contributed by atoms with Crippen LogP contribution in [0.25, 0.3) is 0 Å². The third-order valence-corrected chi connectivity index (χ3v) is 4.62. The smallest absolute Gasteiger partial charge is 0.0558 e. The molecule has 2 rings (SSSR count). The van der Waals surface area contributed by atoms with Gasteiger partial charge in [-0.2, -0.15) is 0 Å². The fraction of sp³-hybridized carbons (Fsp3) is 0.667. The van der Waals surface area contributed by atoms with Gasteiger partial charge in [-0.3, -0.25) is 4.90 Å². The zero-order chi connectivity index (χ0) is 15.2. The number of likely N-dealkylation sites (tertiary alicyclic amines) is 1. The van der Waals surface area contributed by atoms with Crippen LogP contribution in [0.4, 0.5) is 0 Å². The summed E-state index contributed by atoms with van der Waals surface area (Å²) in [6.07, 6.45) is 2.42. The molecule has 0 bridgehead atoms. The number of aliphatic hydroxyl groups excluding tert-OH is 1. The van der Waals surface area contributed by atoms with Gasteiger partial charge < -0.3 is 10.0 Å². The van der Waals surface area contributed by atoms with Gasteiger partial charge in [-0.1, -0.05) is 38.1 Å². The lowest BCUT2D eigenvalue weighted by molar-refractivity contribution is 0.0941. The second-order valence-electron chi connectivity index (χ2n) is 6.62. The van der Waals surface area contributed by atoms with Crippen LogP contribution < -0.4 is 0 Å². The van der Waals surface area contributed by atoms with E-state index >= 15 is 0 Å². The van der Waals surface area contributed by atoms with Crippen molar-refractivity contribution in [3.05, 3.63) is 35.4 Å². The first-order chi connectivity index (χ1) is 10.1. The minimum absolute atomic E-state index is 0.246. The maximum absolute atomic E-state index is 9.36. The Hall–Kier alpha value is -0.900. The van der Waals surface area contributed by atoms with E-state index in [-0.39, 0.29) is 6.61 Å². The molecular formula is C18H30N2O. The molecule has 21 heavy (non-hydrogen) atoms. The molecule has 0 radical (unpaired) electrons. The van der Waals surface area contributed by atoms with Crippen molar-refractivity contribution >= 4 is 0 Å². The summed E-state index contributed by atoms with van der Waals surface area (Å²) in [5, 5.41) is 9.36. The fourth-order valence-corrected chi connectivity index (χ4v) is 3.12. The summed E-state index contributed by atoms with van der Waals surface area (Å²) in [6, 6.07) is 9.58. The molecule has 1 saturated heterocycles. The molecule has 1 heterocycles. The Balaban J connectivity index is 1.98. The number of benzene rings is 1. The number of rotatable bonds is 6. The van der Waals surface area contributed by atoms with E-state index in [1.54, 1.807) is 0 Å². The van der Waals surface area contributed by atoms with Crippen LogP contribution in [0.15, 0.2) is 24.3 Å². The van der Waals surface area contributed by atoms with Crippen molar-refractivity contribution in [2.75, 3.05) is 33.3 Å². The predicted molar refractivity (Wildman–Crippen MR) is 88.5 cm³/mol. The highest BCUT2D eigenvalue weighted by molar-refractivity contribution is 5.24. The van der Waals surface area contributed by atoms with Gasteiger partial charge in [-0.15, -0.1) is 0 Å². The highest BCUT2D eigenvalue weighted by Gasteiger charge is 2.22. The molecule has 0 unspecified atom stereocenters. The first-order valence-corrected chi connectivity index (χ1v) is 8.22. The average molecular weight is 290 g/mol. The van der Waals surface area contributed by atoms with Crippen LogP contribution in [-0.2, 0) is 6.54 Å². The van der Waals surface area contributed by atoms with E-state index in [1.165, 1.54) is 37.1 Å². The molecule has 3 nitrogen and oxygen atoms in total. The van der Waals surface area contributed by atoms with E-state index in [9.17, 15) is 5.11 Å². The number of aliphatic hydroxyl groups is 1. The number of hydrogen-bond acceptors (Lipinski definition) is 3. The van der Waals surface area contributed by atoms with E-state index in [4.69, 9.17) is 0 Å². The number of hydrogen-bond donors (Lipinski definition) is 1. The molecule has 0 saturated carbocycles. The van der Waals surface area contributed by atoms with Crippen molar-refractivity contribution in [3.63, 3.8) is 0 Å². The maximum atomic E-state index is 9.36. The van der Waals surface area contributed by atoms with Crippen molar-refractivity contribution < 1.29 is 5.11 Å². The summed E-state index contributed by atoms with van der Waals surface area (Å²) >= 11 is 0. The zero-order valence-electron chi connectivity index (χ0n) is 13.8. The highest BCUT2D eigenvalue weighted by atomic mass is 16.3. The Bertz CT molecular complexity index is 408. The van der Waals surface area contributed by atoms with Gasteiger partial charge in [0.05, 0.1) is 6.61 Å². The maximum Gasteiger partial charge on any atom is 0.0558 e. The fourth-order valence-electron chi connectivity index (χ4n) is 3.12. The lowest BCUT2D eigenvalue weighted by atomic mass is 10.00. The van der Waals surface area contributed by atoms with Crippen molar-refractivity contribution in [1.29, 1.82) is 0 Å². The third-order valence-electron chi connectivity index (χ3n) is 4.62. The number of nitrogens with zero attached hydrogens (tertiary/aromatic N) is 2. The molecule has 0 amide bonds. The first kappa shape index (κ1) is 16.5.